The summed E-state index contributed by atoms with van der Waals surface area (Å²) in [5.41, 5.74) is 1.68. The van der Waals surface area contributed by atoms with Crippen molar-refractivity contribution in [1.82, 2.24) is 0 Å². The van der Waals surface area contributed by atoms with Gasteiger partial charge in [-0.1, -0.05) is 24.3 Å². The van der Waals surface area contributed by atoms with E-state index in [2.05, 4.69) is 4.72 Å². The molecule has 0 saturated heterocycles. The topological polar surface area (TPSA) is 83.5 Å². The summed E-state index contributed by atoms with van der Waals surface area (Å²) in [6.45, 7) is 3.41. The number of carboxylic acid groups (broad SMARTS) is 1. The van der Waals surface area contributed by atoms with Crippen molar-refractivity contribution < 1.29 is 18.3 Å². The Morgan fingerprint density at radius 3 is 2.33 bits per heavy atom. The molecule has 2 aromatic rings. The van der Waals surface area contributed by atoms with Crippen LogP contribution in [0.3, 0.4) is 0 Å². The van der Waals surface area contributed by atoms with Gasteiger partial charge in [0.1, 0.15) is 0 Å². The third kappa shape index (κ3) is 3.22. The average molecular weight is 305 g/mol. The van der Waals surface area contributed by atoms with E-state index in [1.807, 2.05) is 6.07 Å². The van der Waals surface area contributed by atoms with Crippen molar-refractivity contribution in [2.45, 2.75) is 18.7 Å². The summed E-state index contributed by atoms with van der Waals surface area (Å²) in [7, 11) is -3.84. The van der Waals surface area contributed by atoms with E-state index >= 15 is 0 Å². The smallest absolute Gasteiger partial charge is 0.335 e. The standard InChI is InChI=1S/C15H15NO4S/c1-10-5-3-4-6-13(10)16-21(19,20)14-9-12(15(17)18)8-7-11(14)2/h3-9,16H,1-2H3,(H,17,18). The van der Waals surface area contributed by atoms with E-state index in [0.717, 1.165) is 11.6 Å². The number of para-hydroxylation sites is 1. The fraction of sp³-hybridized carbons (Fsp3) is 0.133. The molecule has 2 aromatic carbocycles. The molecule has 0 bridgehead atoms. The first-order valence-electron chi connectivity index (χ1n) is 6.23. The second-order valence-corrected chi connectivity index (χ2v) is 6.36. The quantitative estimate of drug-likeness (QED) is 0.909. The minimum atomic E-state index is -3.84. The summed E-state index contributed by atoms with van der Waals surface area (Å²) in [4.78, 5) is 11.0. The third-order valence-corrected chi connectivity index (χ3v) is 4.62. The predicted molar refractivity (Wildman–Crippen MR) is 80.1 cm³/mol. The zero-order chi connectivity index (χ0) is 15.6. The van der Waals surface area contributed by atoms with E-state index in [-0.39, 0.29) is 10.5 Å². The van der Waals surface area contributed by atoms with E-state index < -0.39 is 16.0 Å². The summed E-state index contributed by atoms with van der Waals surface area (Å²) in [6, 6.07) is 11.0. The molecule has 2 N–H and O–H groups in total. The highest BCUT2D eigenvalue weighted by molar-refractivity contribution is 7.92. The van der Waals surface area contributed by atoms with Crippen LogP contribution in [0.4, 0.5) is 5.69 Å². The summed E-state index contributed by atoms with van der Waals surface area (Å²) in [6.07, 6.45) is 0. The molecule has 6 heteroatoms. The second-order valence-electron chi connectivity index (χ2n) is 4.71. The number of benzene rings is 2. The van der Waals surface area contributed by atoms with Crippen LogP contribution in [0.5, 0.6) is 0 Å². The molecule has 0 aliphatic rings. The molecule has 2 rings (SSSR count). The van der Waals surface area contributed by atoms with Gasteiger partial charge in [-0.15, -0.1) is 0 Å². The third-order valence-electron chi connectivity index (χ3n) is 3.11. The van der Waals surface area contributed by atoms with Crippen LogP contribution < -0.4 is 4.72 Å². The first-order valence-corrected chi connectivity index (χ1v) is 7.72. The van der Waals surface area contributed by atoms with Gasteiger partial charge in [-0.25, -0.2) is 13.2 Å². The second kappa shape index (κ2) is 5.57. The summed E-state index contributed by atoms with van der Waals surface area (Å²) >= 11 is 0. The number of aryl methyl sites for hydroxylation is 2. The van der Waals surface area contributed by atoms with Crippen molar-refractivity contribution in [3.05, 3.63) is 59.2 Å². The van der Waals surface area contributed by atoms with Crippen molar-refractivity contribution in [2.75, 3.05) is 4.72 Å². The van der Waals surface area contributed by atoms with Crippen molar-refractivity contribution >= 4 is 21.7 Å². The fourth-order valence-electron chi connectivity index (χ4n) is 1.91. The zero-order valence-corrected chi connectivity index (χ0v) is 12.4. The molecule has 0 unspecified atom stereocenters. The molecule has 0 saturated carbocycles. The normalized spacial score (nSPS) is 11.1. The van der Waals surface area contributed by atoms with Gasteiger partial charge >= 0.3 is 5.97 Å². The van der Waals surface area contributed by atoms with Crippen molar-refractivity contribution in [1.29, 1.82) is 0 Å². The van der Waals surface area contributed by atoms with Crippen LogP contribution in [0.1, 0.15) is 21.5 Å². The van der Waals surface area contributed by atoms with Crippen molar-refractivity contribution in [3.63, 3.8) is 0 Å². The van der Waals surface area contributed by atoms with Gasteiger partial charge in [-0.05, 0) is 43.2 Å². The van der Waals surface area contributed by atoms with Crippen LogP contribution in [-0.4, -0.2) is 19.5 Å². The van der Waals surface area contributed by atoms with E-state index in [9.17, 15) is 13.2 Å². The Hall–Kier alpha value is -2.34. The molecule has 0 heterocycles. The number of aromatic carboxylic acids is 1. The molecular weight excluding hydrogens is 290 g/mol. The Morgan fingerprint density at radius 2 is 1.71 bits per heavy atom. The van der Waals surface area contributed by atoms with Gasteiger partial charge in [0.15, 0.2) is 0 Å². The molecular formula is C15H15NO4S. The minimum Gasteiger partial charge on any atom is -0.478 e. The van der Waals surface area contributed by atoms with E-state index in [1.54, 1.807) is 32.0 Å². The predicted octanol–water partition coefficient (Wildman–Crippen LogP) is 2.80. The van der Waals surface area contributed by atoms with Gasteiger partial charge in [0, 0.05) is 0 Å². The van der Waals surface area contributed by atoms with Gasteiger partial charge in [0.25, 0.3) is 10.0 Å². The fourth-order valence-corrected chi connectivity index (χ4v) is 3.31. The van der Waals surface area contributed by atoms with Gasteiger partial charge < -0.3 is 5.11 Å². The monoisotopic (exact) mass is 305 g/mol. The Bertz CT molecular complexity index is 797. The lowest BCUT2D eigenvalue weighted by molar-refractivity contribution is 0.0696. The Labute approximate surface area is 123 Å². The molecule has 0 aliphatic carbocycles. The molecule has 0 fully saturated rings. The van der Waals surface area contributed by atoms with Crippen molar-refractivity contribution in [3.8, 4) is 0 Å². The van der Waals surface area contributed by atoms with Crippen LogP contribution in [-0.2, 0) is 10.0 Å². The SMILES string of the molecule is Cc1ccccc1NS(=O)(=O)c1cc(C(=O)O)ccc1C. The van der Waals surface area contributed by atoms with Crippen molar-refractivity contribution in [2.24, 2.45) is 0 Å². The maximum atomic E-state index is 12.4. The summed E-state index contributed by atoms with van der Waals surface area (Å²) in [5, 5.41) is 8.98. The number of anilines is 1. The Balaban J connectivity index is 2.47. The van der Waals surface area contributed by atoms with Gasteiger partial charge in [-0.2, -0.15) is 0 Å². The van der Waals surface area contributed by atoms with Crippen LogP contribution in [0.15, 0.2) is 47.4 Å². The lowest BCUT2D eigenvalue weighted by Gasteiger charge is -2.12. The Kier molecular flexibility index (Phi) is 3.99. The average Bonchev–Trinajstić information content (AvgIpc) is 2.41. The first kappa shape index (κ1) is 15.1. The number of hydrogen-bond acceptors (Lipinski definition) is 3. The molecule has 0 radical (unpaired) electrons. The highest BCUT2D eigenvalue weighted by Gasteiger charge is 2.19. The minimum absolute atomic E-state index is 0.0364. The molecule has 0 amide bonds. The first-order chi connectivity index (χ1) is 9.81. The van der Waals surface area contributed by atoms with Gasteiger partial charge in [0.05, 0.1) is 16.1 Å². The van der Waals surface area contributed by atoms with E-state index in [0.29, 0.717) is 11.3 Å². The Morgan fingerprint density at radius 1 is 1.05 bits per heavy atom. The van der Waals surface area contributed by atoms with Gasteiger partial charge in [-0.3, -0.25) is 4.72 Å². The van der Waals surface area contributed by atoms with Crippen LogP contribution in [0, 0.1) is 13.8 Å². The molecule has 0 aromatic heterocycles. The number of hydrogen-bond donors (Lipinski definition) is 2. The summed E-state index contributed by atoms with van der Waals surface area (Å²) in [5.74, 6) is -1.16. The summed E-state index contributed by atoms with van der Waals surface area (Å²) < 4.78 is 27.4. The van der Waals surface area contributed by atoms with E-state index in [4.69, 9.17) is 5.11 Å². The number of nitrogens with one attached hydrogen (secondary N) is 1. The van der Waals surface area contributed by atoms with Crippen LogP contribution in [0.2, 0.25) is 0 Å². The maximum Gasteiger partial charge on any atom is 0.335 e. The number of rotatable bonds is 4. The molecule has 110 valence electrons. The highest BCUT2D eigenvalue weighted by Crippen LogP contribution is 2.22. The number of sulfonamides is 1. The van der Waals surface area contributed by atoms with Crippen LogP contribution >= 0.6 is 0 Å². The van der Waals surface area contributed by atoms with Gasteiger partial charge in [0.2, 0.25) is 0 Å². The number of carbonyl (C=O) groups is 1. The zero-order valence-electron chi connectivity index (χ0n) is 11.6. The molecule has 0 spiro atoms. The largest absolute Gasteiger partial charge is 0.478 e. The van der Waals surface area contributed by atoms with Crippen LogP contribution in [0.25, 0.3) is 0 Å². The maximum absolute atomic E-state index is 12.4. The highest BCUT2D eigenvalue weighted by atomic mass is 32.2. The molecule has 21 heavy (non-hydrogen) atoms. The molecule has 0 atom stereocenters. The molecule has 5 nitrogen and oxygen atoms in total. The molecule has 0 aliphatic heterocycles. The number of carboxylic acids is 1. The lowest BCUT2D eigenvalue weighted by atomic mass is 10.1. The lowest BCUT2D eigenvalue weighted by Crippen LogP contribution is -2.15. The van der Waals surface area contributed by atoms with E-state index in [1.165, 1.54) is 12.1 Å².